The summed E-state index contributed by atoms with van der Waals surface area (Å²) in [4.78, 5) is 31.6. The molecule has 0 saturated carbocycles. The van der Waals surface area contributed by atoms with Gasteiger partial charge in [0, 0.05) is 11.9 Å². The lowest BCUT2D eigenvalue weighted by Gasteiger charge is -2.08. The zero-order valence-electron chi connectivity index (χ0n) is 15.5. The van der Waals surface area contributed by atoms with E-state index in [0.29, 0.717) is 22.3 Å². The summed E-state index contributed by atoms with van der Waals surface area (Å²) in [5.74, 6) is -0.180. The lowest BCUT2D eigenvalue weighted by molar-refractivity contribution is 0.0462. The minimum Gasteiger partial charge on any atom is -0.454 e. The molecule has 4 aromatic rings. The van der Waals surface area contributed by atoms with Crippen LogP contribution in [0.15, 0.2) is 59.5 Å². The van der Waals surface area contributed by atoms with Gasteiger partial charge in [-0.05, 0) is 55.8 Å². The number of aromatic amines is 1. The monoisotopic (exact) mass is 374 g/mol. The molecule has 4 rings (SSSR count). The number of carbonyl (C=O) groups excluding carboxylic acids is 1. The van der Waals surface area contributed by atoms with Crippen molar-refractivity contribution in [2.45, 2.75) is 20.5 Å². The van der Waals surface area contributed by atoms with Crippen LogP contribution in [0.2, 0.25) is 0 Å². The van der Waals surface area contributed by atoms with Crippen LogP contribution in [0.3, 0.4) is 0 Å². The quantitative estimate of drug-likeness (QED) is 0.555. The molecule has 0 saturated heterocycles. The molecule has 0 aliphatic heterocycles. The predicted molar refractivity (Wildman–Crippen MR) is 105 cm³/mol. The third-order valence-corrected chi connectivity index (χ3v) is 4.51. The summed E-state index contributed by atoms with van der Waals surface area (Å²) >= 11 is 0. The van der Waals surface area contributed by atoms with Gasteiger partial charge in [0.2, 0.25) is 0 Å². The fourth-order valence-electron chi connectivity index (χ4n) is 3.02. The first-order valence-electron chi connectivity index (χ1n) is 8.79. The van der Waals surface area contributed by atoms with E-state index in [1.165, 1.54) is 0 Å². The third-order valence-electron chi connectivity index (χ3n) is 4.51. The minimum absolute atomic E-state index is 0.113. The number of nitrogens with zero attached hydrogens (tertiary/aromatic N) is 3. The molecule has 0 bridgehead atoms. The van der Waals surface area contributed by atoms with Crippen LogP contribution >= 0.6 is 0 Å². The Morgan fingerprint density at radius 1 is 1.11 bits per heavy atom. The number of ether oxygens (including phenoxy) is 1. The molecule has 0 radical (unpaired) electrons. The highest BCUT2D eigenvalue weighted by Crippen LogP contribution is 2.14. The van der Waals surface area contributed by atoms with Crippen LogP contribution in [-0.4, -0.2) is 25.7 Å². The smallest absolute Gasteiger partial charge is 0.338 e. The highest BCUT2D eigenvalue weighted by molar-refractivity contribution is 5.89. The summed E-state index contributed by atoms with van der Waals surface area (Å²) in [7, 11) is 0. The van der Waals surface area contributed by atoms with E-state index in [4.69, 9.17) is 4.74 Å². The van der Waals surface area contributed by atoms with Gasteiger partial charge in [-0.3, -0.25) is 4.79 Å². The zero-order chi connectivity index (χ0) is 19.7. The number of fused-ring (bicyclic) bond motifs is 1. The Balaban J connectivity index is 1.50. The molecule has 0 amide bonds. The van der Waals surface area contributed by atoms with Gasteiger partial charge in [0.05, 0.1) is 22.2 Å². The molecule has 0 aliphatic carbocycles. The summed E-state index contributed by atoms with van der Waals surface area (Å²) in [6.45, 7) is 3.72. The summed E-state index contributed by atoms with van der Waals surface area (Å²) in [6, 6.07) is 14.3. The van der Waals surface area contributed by atoms with Gasteiger partial charge in [0.1, 0.15) is 12.4 Å². The van der Waals surface area contributed by atoms with Crippen LogP contribution in [0, 0.1) is 13.8 Å². The first-order valence-corrected chi connectivity index (χ1v) is 8.79. The lowest BCUT2D eigenvalue weighted by atomic mass is 10.1. The topological polar surface area (TPSA) is 89.9 Å². The fourth-order valence-corrected chi connectivity index (χ4v) is 3.02. The lowest BCUT2D eigenvalue weighted by Crippen LogP contribution is -2.15. The Kier molecular flexibility index (Phi) is 4.49. The number of aryl methyl sites for hydroxylation is 2. The molecule has 140 valence electrons. The van der Waals surface area contributed by atoms with Crippen molar-refractivity contribution in [2.75, 3.05) is 0 Å². The van der Waals surface area contributed by atoms with E-state index >= 15 is 0 Å². The Labute approximate surface area is 160 Å². The van der Waals surface area contributed by atoms with Crippen molar-refractivity contribution < 1.29 is 9.53 Å². The van der Waals surface area contributed by atoms with Crippen molar-refractivity contribution in [3.05, 3.63) is 87.7 Å². The second kappa shape index (κ2) is 7.11. The average Bonchev–Trinajstić information content (AvgIpc) is 3.13. The second-order valence-corrected chi connectivity index (χ2v) is 6.49. The minimum atomic E-state index is -0.490. The maximum absolute atomic E-state index is 12.3. The highest BCUT2D eigenvalue weighted by atomic mass is 16.5. The van der Waals surface area contributed by atoms with Gasteiger partial charge in [-0.25, -0.2) is 14.5 Å². The molecule has 0 aliphatic rings. The van der Waals surface area contributed by atoms with Crippen molar-refractivity contribution in [3.63, 3.8) is 0 Å². The predicted octanol–water partition coefficient (Wildman–Crippen LogP) is 3.08. The number of hydrogen-bond acceptors (Lipinski definition) is 5. The van der Waals surface area contributed by atoms with Crippen molar-refractivity contribution in [3.8, 4) is 5.69 Å². The fraction of sp³-hybridized carbons (Fsp3) is 0.143. The van der Waals surface area contributed by atoms with Crippen molar-refractivity contribution >= 4 is 16.9 Å². The van der Waals surface area contributed by atoms with Crippen LogP contribution in [0.4, 0.5) is 0 Å². The summed E-state index contributed by atoms with van der Waals surface area (Å²) in [6.07, 6.45) is 1.72. The van der Waals surface area contributed by atoms with Gasteiger partial charge >= 0.3 is 5.97 Å². The van der Waals surface area contributed by atoms with Gasteiger partial charge in [-0.2, -0.15) is 5.10 Å². The van der Waals surface area contributed by atoms with Gasteiger partial charge < -0.3 is 9.72 Å². The summed E-state index contributed by atoms with van der Waals surface area (Å²) in [5, 5.41) is 4.75. The Morgan fingerprint density at radius 2 is 1.89 bits per heavy atom. The van der Waals surface area contributed by atoms with E-state index in [-0.39, 0.29) is 12.2 Å². The van der Waals surface area contributed by atoms with Gasteiger partial charge in [-0.1, -0.05) is 12.1 Å². The maximum atomic E-state index is 12.3. The zero-order valence-corrected chi connectivity index (χ0v) is 15.5. The molecule has 0 unspecified atom stereocenters. The van der Waals surface area contributed by atoms with E-state index in [0.717, 1.165) is 16.9 Å². The van der Waals surface area contributed by atoms with Crippen LogP contribution in [0.25, 0.3) is 16.6 Å². The number of carbonyl (C=O) groups is 1. The number of para-hydroxylation sites is 1. The van der Waals surface area contributed by atoms with E-state index in [1.807, 2.05) is 32.0 Å². The van der Waals surface area contributed by atoms with Crippen molar-refractivity contribution in [1.29, 1.82) is 0 Å². The van der Waals surface area contributed by atoms with Crippen LogP contribution in [0.1, 0.15) is 27.4 Å². The SMILES string of the molecule is Cc1cccc2c(=O)[nH]c(COC(=O)c3ccc(-n4nccc4C)cc3)nc12. The Morgan fingerprint density at radius 3 is 2.61 bits per heavy atom. The molecule has 1 N–H and O–H groups in total. The highest BCUT2D eigenvalue weighted by Gasteiger charge is 2.11. The molecule has 2 heterocycles. The summed E-state index contributed by atoms with van der Waals surface area (Å²) < 4.78 is 7.10. The maximum Gasteiger partial charge on any atom is 0.338 e. The Hall–Kier alpha value is -3.74. The number of benzene rings is 2. The molecule has 0 spiro atoms. The van der Waals surface area contributed by atoms with Crippen LogP contribution in [0.5, 0.6) is 0 Å². The number of H-pyrrole nitrogens is 1. The first kappa shape index (κ1) is 17.7. The average molecular weight is 374 g/mol. The molecule has 28 heavy (non-hydrogen) atoms. The number of aromatic nitrogens is 4. The molecule has 7 heteroatoms. The van der Waals surface area contributed by atoms with Gasteiger partial charge in [-0.15, -0.1) is 0 Å². The van der Waals surface area contributed by atoms with E-state index in [2.05, 4.69) is 15.1 Å². The van der Waals surface area contributed by atoms with Gasteiger partial charge in [0.25, 0.3) is 5.56 Å². The standard InChI is InChI=1S/C21H18N4O3/c1-13-4-3-5-17-19(13)23-18(24-20(17)26)12-28-21(27)15-6-8-16(9-7-15)25-14(2)10-11-22-25/h3-11H,12H2,1-2H3,(H,23,24,26). The molecule has 2 aromatic carbocycles. The number of rotatable bonds is 4. The van der Waals surface area contributed by atoms with E-state index < -0.39 is 5.97 Å². The Bertz CT molecular complexity index is 1220. The number of nitrogens with one attached hydrogen (secondary N) is 1. The van der Waals surface area contributed by atoms with Gasteiger partial charge in [0.15, 0.2) is 0 Å². The molecule has 0 fully saturated rings. The van der Waals surface area contributed by atoms with E-state index in [9.17, 15) is 9.59 Å². The largest absolute Gasteiger partial charge is 0.454 e. The third kappa shape index (κ3) is 3.29. The molecule has 7 nitrogen and oxygen atoms in total. The van der Waals surface area contributed by atoms with Crippen molar-refractivity contribution in [1.82, 2.24) is 19.7 Å². The van der Waals surface area contributed by atoms with Crippen molar-refractivity contribution in [2.24, 2.45) is 0 Å². The van der Waals surface area contributed by atoms with E-state index in [1.54, 1.807) is 41.2 Å². The molecule has 0 atom stereocenters. The normalized spacial score (nSPS) is 10.9. The van der Waals surface area contributed by atoms with Crippen LogP contribution < -0.4 is 5.56 Å². The molecule has 2 aromatic heterocycles. The number of hydrogen-bond donors (Lipinski definition) is 1. The van der Waals surface area contributed by atoms with Crippen LogP contribution in [-0.2, 0) is 11.3 Å². The summed E-state index contributed by atoms with van der Waals surface area (Å²) in [5.41, 5.74) is 3.51. The molecular weight excluding hydrogens is 356 g/mol. The molecular formula is C21H18N4O3. The first-order chi connectivity index (χ1) is 13.5. The second-order valence-electron chi connectivity index (χ2n) is 6.49. The number of esters is 1.